The number of rotatable bonds is 20. The number of aliphatic hydroxyl groups excluding tert-OH is 1. The quantitative estimate of drug-likeness (QED) is 0.175. The maximum absolute atomic E-state index is 11.5. The van der Waals surface area contributed by atoms with Crippen molar-refractivity contribution >= 4 is 10.1 Å². The minimum absolute atomic E-state index is 0.216. The lowest BCUT2D eigenvalue weighted by atomic mass is 10.0. The Balaban J connectivity index is 3.69. The number of unbranched alkanes of at least 4 members (excludes halogenated alkanes) is 11. The molecule has 0 aromatic carbocycles. The summed E-state index contributed by atoms with van der Waals surface area (Å²) >= 11 is 0. The van der Waals surface area contributed by atoms with Gasteiger partial charge in [-0.15, -0.1) is 0 Å². The van der Waals surface area contributed by atoms with E-state index in [9.17, 15) is 18.1 Å². The van der Waals surface area contributed by atoms with Gasteiger partial charge in [-0.05, 0) is 25.7 Å². The van der Waals surface area contributed by atoms with Crippen LogP contribution < -0.4 is 0 Å². The fourth-order valence-corrected chi connectivity index (χ4v) is 4.58. The molecule has 0 saturated heterocycles. The lowest BCUT2D eigenvalue weighted by Crippen LogP contribution is -2.20. The monoisotopic (exact) mass is 406 g/mol. The van der Waals surface area contributed by atoms with E-state index >= 15 is 0 Å². The Morgan fingerprint density at radius 1 is 0.593 bits per heavy atom. The van der Waals surface area contributed by atoms with Crippen LogP contribution in [0.1, 0.15) is 129 Å². The van der Waals surface area contributed by atoms with Crippen LogP contribution in [0.4, 0.5) is 0 Å². The second-order valence-electron chi connectivity index (χ2n) is 8.19. The second kappa shape index (κ2) is 17.9. The molecule has 2 atom stereocenters. The van der Waals surface area contributed by atoms with Gasteiger partial charge in [-0.3, -0.25) is 4.55 Å². The number of aliphatic hydroxyl groups is 1. The van der Waals surface area contributed by atoms with Crippen LogP contribution in [-0.2, 0) is 10.1 Å². The van der Waals surface area contributed by atoms with E-state index in [1.807, 2.05) is 0 Å². The smallest absolute Gasteiger partial charge is 0.267 e. The molecule has 0 heterocycles. The molecule has 2 unspecified atom stereocenters. The van der Waals surface area contributed by atoms with Crippen LogP contribution in [0, 0.1) is 0 Å². The van der Waals surface area contributed by atoms with E-state index in [-0.39, 0.29) is 6.10 Å². The van der Waals surface area contributed by atoms with Crippen molar-refractivity contribution in [2.75, 3.05) is 0 Å². The lowest BCUT2D eigenvalue weighted by molar-refractivity contribution is 0.147. The molecule has 2 N–H and O–H groups in total. The average molecular weight is 407 g/mol. The Morgan fingerprint density at radius 2 is 0.926 bits per heavy atom. The highest BCUT2D eigenvalue weighted by atomic mass is 32.2. The minimum atomic E-state index is -3.93. The summed E-state index contributed by atoms with van der Waals surface area (Å²) < 4.78 is 32.4. The molecule has 0 amide bonds. The molecule has 5 heteroatoms. The lowest BCUT2D eigenvalue weighted by Gasteiger charge is -2.14. The van der Waals surface area contributed by atoms with Crippen LogP contribution in [0.25, 0.3) is 0 Å². The Labute approximate surface area is 169 Å². The van der Waals surface area contributed by atoms with Gasteiger partial charge in [-0.1, -0.05) is 104 Å². The third kappa shape index (κ3) is 17.7. The molecule has 0 fully saturated rings. The summed E-state index contributed by atoms with van der Waals surface area (Å²) in [6.07, 6.45) is 18.3. The molecule has 0 aromatic rings. The highest BCUT2D eigenvalue weighted by Gasteiger charge is 2.21. The first kappa shape index (κ1) is 26.9. The van der Waals surface area contributed by atoms with E-state index in [4.69, 9.17) is 0 Å². The molecule has 0 saturated carbocycles. The normalized spacial score (nSPS) is 14.4. The first-order valence-corrected chi connectivity index (χ1v) is 13.1. The van der Waals surface area contributed by atoms with Crippen molar-refractivity contribution in [3.05, 3.63) is 0 Å². The zero-order valence-electron chi connectivity index (χ0n) is 18.0. The molecule has 0 aliphatic carbocycles. The first-order chi connectivity index (χ1) is 12.9. The SMILES string of the molecule is CCCCCCCCCC(O)CCCCCC(CCCCCC)S(=O)(=O)O. The van der Waals surface area contributed by atoms with Crippen molar-refractivity contribution < 1.29 is 18.1 Å². The molecular formula is C22H46O4S. The Hall–Kier alpha value is -0.130. The van der Waals surface area contributed by atoms with Gasteiger partial charge in [-0.25, -0.2) is 0 Å². The summed E-state index contributed by atoms with van der Waals surface area (Å²) in [5.41, 5.74) is 0. The molecule has 4 nitrogen and oxygen atoms in total. The first-order valence-electron chi connectivity index (χ1n) is 11.6. The zero-order chi connectivity index (χ0) is 20.4. The maximum atomic E-state index is 11.5. The largest absolute Gasteiger partial charge is 0.393 e. The zero-order valence-corrected chi connectivity index (χ0v) is 18.8. The summed E-state index contributed by atoms with van der Waals surface area (Å²) in [5, 5.41) is 9.45. The van der Waals surface area contributed by atoms with Crippen LogP contribution >= 0.6 is 0 Å². The van der Waals surface area contributed by atoms with Gasteiger partial charge in [0.15, 0.2) is 0 Å². The van der Waals surface area contributed by atoms with Gasteiger partial charge < -0.3 is 5.11 Å². The Kier molecular flexibility index (Phi) is 17.8. The van der Waals surface area contributed by atoms with Gasteiger partial charge in [0.2, 0.25) is 0 Å². The number of hydrogen-bond donors (Lipinski definition) is 2. The molecule has 27 heavy (non-hydrogen) atoms. The van der Waals surface area contributed by atoms with Crippen molar-refractivity contribution in [3.63, 3.8) is 0 Å². The third-order valence-electron chi connectivity index (χ3n) is 5.51. The fraction of sp³-hybridized carbons (Fsp3) is 1.00. The summed E-state index contributed by atoms with van der Waals surface area (Å²) in [4.78, 5) is 0. The highest BCUT2D eigenvalue weighted by Crippen LogP contribution is 2.19. The molecule has 0 rings (SSSR count). The van der Waals surface area contributed by atoms with E-state index in [0.29, 0.717) is 12.8 Å². The van der Waals surface area contributed by atoms with Gasteiger partial charge in [-0.2, -0.15) is 8.42 Å². The van der Waals surface area contributed by atoms with Gasteiger partial charge in [0.25, 0.3) is 10.1 Å². The predicted octanol–water partition coefficient (Wildman–Crippen LogP) is 6.67. The average Bonchev–Trinajstić information content (AvgIpc) is 2.61. The number of hydrogen-bond acceptors (Lipinski definition) is 3. The van der Waals surface area contributed by atoms with E-state index in [2.05, 4.69) is 13.8 Å². The van der Waals surface area contributed by atoms with Crippen molar-refractivity contribution in [3.8, 4) is 0 Å². The van der Waals surface area contributed by atoms with Crippen LogP contribution in [0.5, 0.6) is 0 Å². The standard InChI is InChI=1S/C22H46O4S/c1-3-5-7-9-10-11-13-17-21(23)18-14-12-16-20-22(27(24,25)26)19-15-8-6-4-2/h21-23H,3-20H2,1-2H3,(H,24,25,26). The summed E-state index contributed by atoms with van der Waals surface area (Å²) in [6.45, 7) is 4.36. The van der Waals surface area contributed by atoms with E-state index in [1.165, 1.54) is 38.5 Å². The summed E-state index contributed by atoms with van der Waals surface area (Å²) in [5.74, 6) is 0. The summed E-state index contributed by atoms with van der Waals surface area (Å²) in [6, 6.07) is 0. The molecule has 0 aliphatic heterocycles. The predicted molar refractivity (Wildman–Crippen MR) is 116 cm³/mol. The van der Waals surface area contributed by atoms with Crippen molar-refractivity contribution in [2.24, 2.45) is 0 Å². The van der Waals surface area contributed by atoms with Gasteiger partial charge in [0.1, 0.15) is 0 Å². The Bertz CT molecular complexity index is 409. The molecule has 0 bridgehead atoms. The van der Waals surface area contributed by atoms with Crippen LogP contribution in [-0.4, -0.2) is 29.4 Å². The van der Waals surface area contributed by atoms with Gasteiger partial charge in [0, 0.05) is 0 Å². The van der Waals surface area contributed by atoms with Gasteiger partial charge in [0.05, 0.1) is 11.4 Å². The molecule has 0 aliphatic rings. The topological polar surface area (TPSA) is 74.6 Å². The van der Waals surface area contributed by atoms with Crippen LogP contribution in [0.3, 0.4) is 0 Å². The van der Waals surface area contributed by atoms with Gasteiger partial charge >= 0.3 is 0 Å². The van der Waals surface area contributed by atoms with E-state index in [0.717, 1.165) is 64.2 Å². The van der Waals surface area contributed by atoms with Crippen molar-refractivity contribution in [1.29, 1.82) is 0 Å². The molecule has 164 valence electrons. The van der Waals surface area contributed by atoms with Crippen LogP contribution in [0.15, 0.2) is 0 Å². The Morgan fingerprint density at radius 3 is 1.37 bits per heavy atom. The minimum Gasteiger partial charge on any atom is -0.393 e. The van der Waals surface area contributed by atoms with Crippen LogP contribution in [0.2, 0.25) is 0 Å². The summed E-state index contributed by atoms with van der Waals surface area (Å²) in [7, 11) is -3.93. The molecule has 0 radical (unpaired) electrons. The van der Waals surface area contributed by atoms with Crippen molar-refractivity contribution in [2.45, 2.75) is 141 Å². The molecule has 0 spiro atoms. The van der Waals surface area contributed by atoms with E-state index in [1.54, 1.807) is 0 Å². The second-order valence-corrected chi connectivity index (χ2v) is 9.88. The maximum Gasteiger partial charge on any atom is 0.267 e. The molecule has 0 aromatic heterocycles. The highest BCUT2D eigenvalue weighted by molar-refractivity contribution is 7.86. The third-order valence-corrected chi connectivity index (χ3v) is 6.82. The van der Waals surface area contributed by atoms with E-state index < -0.39 is 15.4 Å². The molecular weight excluding hydrogens is 360 g/mol. The fourth-order valence-electron chi connectivity index (χ4n) is 3.65. The van der Waals surface area contributed by atoms with Crippen molar-refractivity contribution in [1.82, 2.24) is 0 Å².